The Morgan fingerprint density at radius 3 is 3.19 bits per heavy atom. The Kier molecular flexibility index (Phi) is 2.44. The van der Waals surface area contributed by atoms with Crippen LogP contribution in [0.4, 0.5) is 0 Å². The molecule has 0 radical (unpaired) electrons. The van der Waals surface area contributed by atoms with Gasteiger partial charge in [-0.1, -0.05) is 6.07 Å². The lowest BCUT2D eigenvalue weighted by molar-refractivity contribution is 0.174. The van der Waals surface area contributed by atoms with Gasteiger partial charge in [-0.15, -0.1) is 0 Å². The largest absolute Gasteiger partial charge is 0.496 e. The van der Waals surface area contributed by atoms with E-state index in [1.165, 1.54) is 0 Å². The molecule has 2 heterocycles. The van der Waals surface area contributed by atoms with Crippen LogP contribution in [-0.2, 0) is 4.65 Å². The zero-order valence-electron chi connectivity index (χ0n) is 8.27. The molecule has 0 saturated heterocycles. The zero-order chi connectivity index (χ0) is 11.1. The van der Waals surface area contributed by atoms with Gasteiger partial charge in [0.1, 0.15) is 0 Å². The Morgan fingerprint density at radius 1 is 1.50 bits per heavy atom. The highest BCUT2D eigenvalue weighted by Crippen LogP contribution is 2.36. The summed E-state index contributed by atoms with van der Waals surface area (Å²) < 4.78 is 15.9. The third-order valence-corrected chi connectivity index (χ3v) is 2.92. The Bertz CT molecular complexity index is 430. The summed E-state index contributed by atoms with van der Waals surface area (Å²) in [6, 6.07) is 3.67. The van der Waals surface area contributed by atoms with Crippen molar-refractivity contribution in [2.24, 2.45) is 0 Å². The molecule has 0 aliphatic carbocycles. The van der Waals surface area contributed by atoms with E-state index in [1.807, 2.05) is 12.1 Å². The lowest BCUT2D eigenvalue weighted by Gasteiger charge is -2.10. The number of hydrogen-bond donors (Lipinski definition) is 2. The molecule has 0 spiro atoms. The Balaban J connectivity index is 2.06. The molecule has 1 aromatic rings. The summed E-state index contributed by atoms with van der Waals surface area (Å²) in [5, 5.41) is 9.81. The first-order chi connectivity index (χ1) is 7.81. The van der Waals surface area contributed by atoms with Crippen LogP contribution in [0.2, 0.25) is 0 Å². The summed E-state index contributed by atoms with van der Waals surface area (Å²) in [5.74, 6) is 1.21. The normalized spacial score (nSPS) is 21.4. The molecule has 0 fully saturated rings. The molecular formula is C9H9BClNO4. The summed E-state index contributed by atoms with van der Waals surface area (Å²) in [6.45, 7) is 0.599. The third kappa shape index (κ3) is 1.38. The fourth-order valence-electron chi connectivity index (χ4n) is 2.07. The standard InChI is InChI=1S/C9H9BClNO4/c11-12-3-7-5-1-2-6-9(15-4-14-6)8(5)10(13)16-7/h1-2,7,12-13H,3-4H2. The van der Waals surface area contributed by atoms with Crippen LogP contribution >= 0.6 is 11.8 Å². The van der Waals surface area contributed by atoms with E-state index in [0.717, 1.165) is 5.56 Å². The van der Waals surface area contributed by atoms with Crippen molar-refractivity contribution in [3.05, 3.63) is 17.7 Å². The molecule has 2 N–H and O–H groups in total. The predicted octanol–water partition coefficient (Wildman–Crippen LogP) is -0.0825. The average molecular weight is 241 g/mol. The van der Waals surface area contributed by atoms with Gasteiger partial charge in [0.15, 0.2) is 11.5 Å². The van der Waals surface area contributed by atoms with Crippen LogP contribution in [0.5, 0.6) is 11.5 Å². The number of halogens is 1. The van der Waals surface area contributed by atoms with Gasteiger partial charge in [-0.2, -0.15) is 0 Å². The number of rotatable bonds is 2. The van der Waals surface area contributed by atoms with Crippen molar-refractivity contribution < 1.29 is 19.2 Å². The van der Waals surface area contributed by atoms with Crippen LogP contribution in [0.1, 0.15) is 11.7 Å². The highest BCUT2D eigenvalue weighted by molar-refractivity contribution is 6.63. The fraction of sp³-hybridized carbons (Fsp3) is 0.333. The molecule has 1 aromatic carbocycles. The molecule has 5 nitrogen and oxygen atoms in total. The lowest BCUT2D eigenvalue weighted by atomic mass is 9.78. The van der Waals surface area contributed by atoms with E-state index < -0.39 is 7.12 Å². The van der Waals surface area contributed by atoms with Crippen molar-refractivity contribution in [2.45, 2.75) is 6.10 Å². The van der Waals surface area contributed by atoms with E-state index in [0.29, 0.717) is 23.5 Å². The maximum absolute atomic E-state index is 9.81. The third-order valence-electron chi connectivity index (χ3n) is 2.76. The maximum atomic E-state index is 9.81. The average Bonchev–Trinajstić information content (AvgIpc) is 2.84. The van der Waals surface area contributed by atoms with E-state index in [1.54, 1.807) is 0 Å². The first kappa shape index (κ1) is 10.2. The van der Waals surface area contributed by atoms with E-state index in [4.69, 9.17) is 25.9 Å². The second-order valence-corrected chi connectivity index (χ2v) is 3.88. The van der Waals surface area contributed by atoms with Crippen LogP contribution in [0.3, 0.4) is 0 Å². The Morgan fingerprint density at radius 2 is 2.38 bits per heavy atom. The molecule has 16 heavy (non-hydrogen) atoms. The molecule has 0 amide bonds. The summed E-state index contributed by atoms with van der Waals surface area (Å²) in [7, 11) is -0.985. The summed E-state index contributed by atoms with van der Waals surface area (Å²) in [6.07, 6.45) is -0.267. The van der Waals surface area contributed by atoms with Gasteiger partial charge < -0.3 is 19.2 Å². The highest BCUT2D eigenvalue weighted by Gasteiger charge is 2.40. The molecule has 0 bridgehead atoms. The van der Waals surface area contributed by atoms with Gasteiger partial charge in [0.2, 0.25) is 6.79 Å². The van der Waals surface area contributed by atoms with Gasteiger partial charge in [-0.3, -0.25) is 0 Å². The summed E-state index contributed by atoms with van der Waals surface area (Å²) >= 11 is 5.45. The minimum absolute atomic E-state index is 0.178. The molecule has 2 aliphatic rings. The van der Waals surface area contributed by atoms with E-state index in [2.05, 4.69) is 4.84 Å². The number of fused-ring (bicyclic) bond motifs is 3. The second kappa shape index (κ2) is 3.82. The van der Waals surface area contributed by atoms with Gasteiger partial charge in [0, 0.05) is 12.0 Å². The minimum atomic E-state index is -0.985. The van der Waals surface area contributed by atoms with Crippen LogP contribution in [0, 0.1) is 0 Å². The van der Waals surface area contributed by atoms with Crippen LogP contribution in [-0.4, -0.2) is 25.5 Å². The quantitative estimate of drug-likeness (QED) is 0.560. The molecule has 1 atom stereocenters. The van der Waals surface area contributed by atoms with Crippen molar-refractivity contribution in [1.82, 2.24) is 4.84 Å². The van der Waals surface area contributed by atoms with Gasteiger partial charge in [-0.05, 0) is 23.4 Å². The summed E-state index contributed by atoms with van der Waals surface area (Å²) in [5.41, 5.74) is 1.52. The summed E-state index contributed by atoms with van der Waals surface area (Å²) in [4.78, 5) is 2.50. The first-order valence-corrected chi connectivity index (χ1v) is 5.28. The van der Waals surface area contributed by atoms with Crippen LogP contribution < -0.4 is 19.8 Å². The Labute approximate surface area is 97.5 Å². The van der Waals surface area contributed by atoms with Crippen molar-refractivity contribution in [1.29, 1.82) is 0 Å². The molecule has 84 valence electrons. The van der Waals surface area contributed by atoms with Gasteiger partial charge in [-0.25, -0.2) is 4.84 Å². The van der Waals surface area contributed by atoms with Gasteiger partial charge >= 0.3 is 7.12 Å². The lowest BCUT2D eigenvalue weighted by Crippen LogP contribution is -2.29. The molecule has 2 aliphatic heterocycles. The zero-order valence-corrected chi connectivity index (χ0v) is 9.03. The SMILES string of the molecule is OB1OC(CNCl)c2ccc3c(c21)OCO3. The number of hydrogen-bond acceptors (Lipinski definition) is 5. The molecule has 0 aromatic heterocycles. The molecule has 3 rings (SSSR count). The first-order valence-electron chi connectivity index (χ1n) is 4.90. The van der Waals surface area contributed by atoms with E-state index in [-0.39, 0.29) is 12.9 Å². The topological polar surface area (TPSA) is 60.0 Å². The molecule has 0 saturated carbocycles. The van der Waals surface area contributed by atoms with Crippen molar-refractivity contribution in [2.75, 3.05) is 13.3 Å². The van der Waals surface area contributed by atoms with Gasteiger partial charge in [0.05, 0.1) is 6.10 Å². The fourth-order valence-corrected chi connectivity index (χ4v) is 2.21. The van der Waals surface area contributed by atoms with Crippen LogP contribution in [0.15, 0.2) is 12.1 Å². The maximum Gasteiger partial charge on any atom is 0.496 e. The molecule has 1 unspecified atom stereocenters. The molecular weight excluding hydrogens is 232 g/mol. The minimum Gasteiger partial charge on any atom is -0.454 e. The number of benzene rings is 1. The van der Waals surface area contributed by atoms with Crippen molar-refractivity contribution in [3.8, 4) is 11.5 Å². The van der Waals surface area contributed by atoms with Crippen molar-refractivity contribution >= 4 is 24.4 Å². The van der Waals surface area contributed by atoms with E-state index in [9.17, 15) is 5.02 Å². The van der Waals surface area contributed by atoms with E-state index >= 15 is 0 Å². The highest BCUT2D eigenvalue weighted by atomic mass is 35.5. The molecule has 7 heteroatoms. The monoisotopic (exact) mass is 241 g/mol. The Hall–Kier alpha value is -0.945. The van der Waals surface area contributed by atoms with Crippen LogP contribution in [0.25, 0.3) is 0 Å². The number of nitrogens with one attached hydrogen (secondary N) is 1. The number of ether oxygens (including phenoxy) is 2. The second-order valence-electron chi connectivity index (χ2n) is 3.62. The van der Waals surface area contributed by atoms with Crippen molar-refractivity contribution in [3.63, 3.8) is 0 Å². The predicted molar refractivity (Wildman–Crippen MR) is 57.9 cm³/mol. The van der Waals surface area contributed by atoms with Gasteiger partial charge in [0.25, 0.3) is 0 Å². The smallest absolute Gasteiger partial charge is 0.454 e.